The zero-order valence-electron chi connectivity index (χ0n) is 6.88. The van der Waals surface area contributed by atoms with Crippen molar-refractivity contribution in [3.05, 3.63) is 0 Å². The van der Waals surface area contributed by atoms with E-state index in [1.165, 1.54) is 0 Å². The Bertz CT molecular complexity index is 63.7. The normalized spacial score (nSPS) is 16.8. The predicted octanol–water partition coefficient (Wildman–Crippen LogP) is 1.31. The highest BCUT2D eigenvalue weighted by molar-refractivity contribution is 4.57. The molecule has 62 valence electrons. The lowest BCUT2D eigenvalue weighted by Crippen LogP contribution is -2.11. The van der Waals surface area contributed by atoms with Crippen molar-refractivity contribution in [1.82, 2.24) is 0 Å². The molecule has 0 spiro atoms. The molecule has 0 aromatic rings. The van der Waals surface area contributed by atoms with Gasteiger partial charge in [-0.05, 0) is 25.7 Å². The highest BCUT2D eigenvalue weighted by atomic mass is 16.3. The van der Waals surface area contributed by atoms with Crippen molar-refractivity contribution in [2.45, 2.75) is 51.7 Å². The molecule has 0 rings (SSSR count). The Kier molecular flexibility index (Phi) is 5.64. The van der Waals surface area contributed by atoms with Crippen LogP contribution in [0.1, 0.15) is 39.5 Å². The van der Waals surface area contributed by atoms with E-state index in [0.29, 0.717) is 0 Å². The zero-order chi connectivity index (χ0) is 7.98. The summed E-state index contributed by atoms with van der Waals surface area (Å²) in [6, 6.07) is 0. The molecule has 0 amide bonds. The average Bonchev–Trinajstić information content (AvgIpc) is 1.99. The van der Waals surface area contributed by atoms with Gasteiger partial charge in [0.25, 0.3) is 0 Å². The van der Waals surface area contributed by atoms with Crippen molar-refractivity contribution in [2.24, 2.45) is 0 Å². The van der Waals surface area contributed by atoms with Gasteiger partial charge in [0.1, 0.15) is 0 Å². The highest BCUT2D eigenvalue weighted by Gasteiger charge is 2.04. The Morgan fingerprint density at radius 2 is 1.20 bits per heavy atom. The molecule has 2 atom stereocenters. The molecule has 0 aromatic carbocycles. The quantitative estimate of drug-likeness (QED) is 0.614. The minimum atomic E-state index is -0.221. The molecule has 2 nitrogen and oxygen atoms in total. The van der Waals surface area contributed by atoms with E-state index in [1.54, 1.807) is 0 Å². The van der Waals surface area contributed by atoms with Gasteiger partial charge in [0.2, 0.25) is 0 Å². The molecule has 0 bridgehead atoms. The SMILES string of the molecule is CC[C@@H](O)CC[C@@H](O)CC. The Morgan fingerprint density at radius 1 is 0.900 bits per heavy atom. The summed E-state index contributed by atoms with van der Waals surface area (Å²) >= 11 is 0. The molecule has 2 heteroatoms. The van der Waals surface area contributed by atoms with Crippen molar-refractivity contribution in [3.63, 3.8) is 0 Å². The molecule has 0 aliphatic carbocycles. The van der Waals surface area contributed by atoms with Gasteiger partial charge in [-0.15, -0.1) is 0 Å². The summed E-state index contributed by atoms with van der Waals surface area (Å²) in [6.45, 7) is 3.89. The predicted molar refractivity (Wildman–Crippen MR) is 41.8 cm³/mol. The van der Waals surface area contributed by atoms with Gasteiger partial charge in [-0.2, -0.15) is 0 Å². The van der Waals surface area contributed by atoms with Crippen LogP contribution in [-0.2, 0) is 0 Å². The number of hydrogen-bond acceptors (Lipinski definition) is 2. The van der Waals surface area contributed by atoms with Gasteiger partial charge in [-0.3, -0.25) is 0 Å². The Balaban J connectivity index is 3.17. The largest absolute Gasteiger partial charge is 0.393 e. The third kappa shape index (κ3) is 4.77. The fraction of sp³-hybridized carbons (Fsp3) is 1.00. The maximum absolute atomic E-state index is 9.09. The monoisotopic (exact) mass is 146 g/mol. The molecule has 0 unspecified atom stereocenters. The van der Waals surface area contributed by atoms with Gasteiger partial charge in [0.05, 0.1) is 12.2 Å². The molecule has 2 N–H and O–H groups in total. The lowest BCUT2D eigenvalue weighted by atomic mass is 10.1. The number of hydrogen-bond donors (Lipinski definition) is 2. The van der Waals surface area contributed by atoms with Crippen molar-refractivity contribution in [3.8, 4) is 0 Å². The first-order valence-electron chi connectivity index (χ1n) is 4.06. The molecular weight excluding hydrogens is 128 g/mol. The fourth-order valence-corrected chi connectivity index (χ4v) is 0.793. The molecule has 0 saturated heterocycles. The Hall–Kier alpha value is -0.0800. The molecule has 0 aliphatic rings. The number of aliphatic hydroxyl groups is 2. The molecule has 0 aliphatic heterocycles. The van der Waals surface area contributed by atoms with Gasteiger partial charge in [0.15, 0.2) is 0 Å². The second-order valence-electron chi connectivity index (χ2n) is 2.70. The molecule has 0 radical (unpaired) electrons. The fourth-order valence-electron chi connectivity index (χ4n) is 0.793. The first kappa shape index (κ1) is 9.92. The van der Waals surface area contributed by atoms with E-state index in [9.17, 15) is 0 Å². The standard InChI is InChI=1S/C8H18O2/c1-3-7(9)5-6-8(10)4-2/h7-10H,3-6H2,1-2H3/t7-,8+. The molecule has 0 aromatic heterocycles. The van der Waals surface area contributed by atoms with Crippen LogP contribution in [0, 0.1) is 0 Å². The van der Waals surface area contributed by atoms with Crippen LogP contribution < -0.4 is 0 Å². The van der Waals surface area contributed by atoms with E-state index < -0.39 is 0 Å². The lowest BCUT2D eigenvalue weighted by Gasteiger charge is -2.10. The van der Waals surface area contributed by atoms with E-state index in [0.717, 1.165) is 25.7 Å². The molecular formula is C8H18O2. The summed E-state index contributed by atoms with van der Waals surface area (Å²) in [7, 11) is 0. The second kappa shape index (κ2) is 5.69. The topological polar surface area (TPSA) is 40.5 Å². The summed E-state index contributed by atoms with van der Waals surface area (Å²) in [6.07, 6.45) is 2.59. The summed E-state index contributed by atoms with van der Waals surface area (Å²) in [5.41, 5.74) is 0. The number of rotatable bonds is 5. The van der Waals surface area contributed by atoms with Crippen molar-refractivity contribution >= 4 is 0 Å². The third-order valence-corrected chi connectivity index (χ3v) is 1.78. The van der Waals surface area contributed by atoms with Crippen LogP contribution in [0.25, 0.3) is 0 Å². The van der Waals surface area contributed by atoms with Crippen LogP contribution in [0.15, 0.2) is 0 Å². The van der Waals surface area contributed by atoms with Crippen molar-refractivity contribution < 1.29 is 10.2 Å². The van der Waals surface area contributed by atoms with E-state index in [-0.39, 0.29) is 12.2 Å². The first-order chi connectivity index (χ1) is 4.70. The van der Waals surface area contributed by atoms with Crippen LogP contribution in [0.4, 0.5) is 0 Å². The van der Waals surface area contributed by atoms with E-state index >= 15 is 0 Å². The molecule has 0 saturated carbocycles. The van der Waals surface area contributed by atoms with Gasteiger partial charge in [-0.25, -0.2) is 0 Å². The zero-order valence-corrected chi connectivity index (χ0v) is 6.88. The van der Waals surface area contributed by atoms with E-state index in [1.807, 2.05) is 13.8 Å². The molecule has 10 heavy (non-hydrogen) atoms. The van der Waals surface area contributed by atoms with Crippen LogP contribution in [0.2, 0.25) is 0 Å². The minimum absolute atomic E-state index is 0.221. The van der Waals surface area contributed by atoms with E-state index in [4.69, 9.17) is 10.2 Å². The van der Waals surface area contributed by atoms with Crippen molar-refractivity contribution in [1.29, 1.82) is 0 Å². The minimum Gasteiger partial charge on any atom is -0.393 e. The third-order valence-electron chi connectivity index (χ3n) is 1.78. The van der Waals surface area contributed by atoms with Crippen molar-refractivity contribution in [2.75, 3.05) is 0 Å². The molecule has 0 heterocycles. The summed E-state index contributed by atoms with van der Waals surface area (Å²) in [5, 5.41) is 18.2. The van der Waals surface area contributed by atoms with Crippen LogP contribution in [-0.4, -0.2) is 22.4 Å². The second-order valence-corrected chi connectivity index (χ2v) is 2.70. The Morgan fingerprint density at radius 3 is 1.40 bits per heavy atom. The molecule has 0 fully saturated rings. The van der Waals surface area contributed by atoms with Crippen LogP contribution in [0.5, 0.6) is 0 Å². The van der Waals surface area contributed by atoms with Gasteiger partial charge in [0, 0.05) is 0 Å². The van der Waals surface area contributed by atoms with E-state index in [2.05, 4.69) is 0 Å². The smallest absolute Gasteiger partial charge is 0.0538 e. The van der Waals surface area contributed by atoms with Crippen LogP contribution in [0.3, 0.4) is 0 Å². The number of aliphatic hydroxyl groups excluding tert-OH is 2. The first-order valence-corrected chi connectivity index (χ1v) is 4.06. The maximum Gasteiger partial charge on any atom is 0.0538 e. The average molecular weight is 146 g/mol. The lowest BCUT2D eigenvalue weighted by molar-refractivity contribution is 0.109. The van der Waals surface area contributed by atoms with Gasteiger partial charge >= 0.3 is 0 Å². The van der Waals surface area contributed by atoms with Gasteiger partial charge < -0.3 is 10.2 Å². The summed E-state index contributed by atoms with van der Waals surface area (Å²) < 4.78 is 0. The van der Waals surface area contributed by atoms with Crippen LogP contribution >= 0.6 is 0 Å². The Labute approximate surface area is 62.9 Å². The van der Waals surface area contributed by atoms with Gasteiger partial charge in [-0.1, -0.05) is 13.8 Å². The summed E-state index contributed by atoms with van der Waals surface area (Å²) in [5.74, 6) is 0. The summed E-state index contributed by atoms with van der Waals surface area (Å²) in [4.78, 5) is 0. The highest BCUT2D eigenvalue weighted by Crippen LogP contribution is 2.06. The maximum atomic E-state index is 9.09.